The summed E-state index contributed by atoms with van der Waals surface area (Å²) in [6.07, 6.45) is 10.6. The van der Waals surface area contributed by atoms with Crippen LogP contribution in [-0.2, 0) is 6.42 Å². The van der Waals surface area contributed by atoms with Crippen molar-refractivity contribution >= 4 is 0 Å². The molecule has 26 heavy (non-hydrogen) atoms. The van der Waals surface area contributed by atoms with Crippen LogP contribution in [0.3, 0.4) is 0 Å². The lowest BCUT2D eigenvalue weighted by Crippen LogP contribution is -2.13. The second kappa shape index (κ2) is 9.63. The van der Waals surface area contributed by atoms with E-state index in [9.17, 15) is 0 Å². The van der Waals surface area contributed by atoms with Crippen LogP contribution in [0, 0.1) is 17.8 Å². The lowest BCUT2D eigenvalue weighted by atomic mass is 9.77. The van der Waals surface area contributed by atoms with E-state index in [0.29, 0.717) is 0 Å². The standard InChI is InChI=1S/C26H32/c1-3-5-21-7-9-23(10-8-21)11-12-24-15-19-26(20-16-24)25-17-13-22(6-4-2)14-18-25/h7-10,15-16,19-20,22,25H,3-6,13-14,17-18H2,1-2H3/t22-,25-. The second-order valence-electron chi connectivity index (χ2n) is 7.83. The van der Waals surface area contributed by atoms with Crippen LogP contribution >= 0.6 is 0 Å². The Labute approximate surface area is 160 Å². The molecule has 2 aromatic carbocycles. The van der Waals surface area contributed by atoms with Crippen molar-refractivity contribution < 1.29 is 0 Å². The Bertz CT molecular complexity index is 716. The number of hydrogen-bond acceptors (Lipinski definition) is 0. The summed E-state index contributed by atoms with van der Waals surface area (Å²) in [4.78, 5) is 0. The van der Waals surface area contributed by atoms with E-state index in [0.717, 1.165) is 29.4 Å². The minimum absolute atomic E-state index is 0.760. The highest BCUT2D eigenvalue weighted by Crippen LogP contribution is 2.37. The van der Waals surface area contributed by atoms with Gasteiger partial charge in [0.2, 0.25) is 0 Å². The fraction of sp³-hybridized carbons (Fsp3) is 0.462. The number of rotatable bonds is 5. The van der Waals surface area contributed by atoms with E-state index in [1.165, 1.54) is 56.1 Å². The molecule has 1 aliphatic rings. The molecular weight excluding hydrogens is 312 g/mol. The van der Waals surface area contributed by atoms with Gasteiger partial charge < -0.3 is 0 Å². The first kappa shape index (κ1) is 18.8. The van der Waals surface area contributed by atoms with Gasteiger partial charge in [0.1, 0.15) is 0 Å². The molecule has 0 saturated heterocycles. The van der Waals surface area contributed by atoms with Gasteiger partial charge in [-0.25, -0.2) is 0 Å². The van der Waals surface area contributed by atoms with Gasteiger partial charge in [-0.1, -0.05) is 69.2 Å². The monoisotopic (exact) mass is 344 g/mol. The lowest BCUT2D eigenvalue weighted by Gasteiger charge is -2.28. The molecule has 1 fully saturated rings. The van der Waals surface area contributed by atoms with Crippen molar-refractivity contribution in [2.24, 2.45) is 5.92 Å². The van der Waals surface area contributed by atoms with Crippen LogP contribution in [0.25, 0.3) is 0 Å². The first-order valence-corrected chi connectivity index (χ1v) is 10.5. The van der Waals surface area contributed by atoms with Crippen LogP contribution in [0.5, 0.6) is 0 Å². The van der Waals surface area contributed by atoms with Gasteiger partial charge >= 0.3 is 0 Å². The Kier molecular flexibility index (Phi) is 6.96. The van der Waals surface area contributed by atoms with E-state index in [1.54, 1.807) is 0 Å². The molecular formula is C26H32. The van der Waals surface area contributed by atoms with E-state index in [4.69, 9.17) is 0 Å². The molecule has 0 heterocycles. The molecule has 136 valence electrons. The molecule has 0 bridgehead atoms. The van der Waals surface area contributed by atoms with E-state index < -0.39 is 0 Å². The first-order valence-electron chi connectivity index (χ1n) is 10.5. The summed E-state index contributed by atoms with van der Waals surface area (Å²) in [6, 6.07) is 17.7. The zero-order valence-electron chi connectivity index (χ0n) is 16.4. The van der Waals surface area contributed by atoms with Crippen LogP contribution < -0.4 is 0 Å². The van der Waals surface area contributed by atoms with Crippen molar-refractivity contribution in [1.82, 2.24) is 0 Å². The van der Waals surface area contributed by atoms with Gasteiger partial charge in [0.15, 0.2) is 0 Å². The summed E-state index contributed by atoms with van der Waals surface area (Å²) in [7, 11) is 0. The maximum atomic E-state index is 3.32. The highest BCUT2D eigenvalue weighted by molar-refractivity contribution is 5.44. The zero-order chi connectivity index (χ0) is 18.2. The van der Waals surface area contributed by atoms with Crippen LogP contribution in [0.2, 0.25) is 0 Å². The Morgan fingerprint density at radius 1 is 0.731 bits per heavy atom. The van der Waals surface area contributed by atoms with E-state index in [1.807, 2.05) is 0 Å². The van der Waals surface area contributed by atoms with Gasteiger partial charge in [0, 0.05) is 11.1 Å². The van der Waals surface area contributed by atoms with Crippen LogP contribution in [0.15, 0.2) is 48.5 Å². The van der Waals surface area contributed by atoms with E-state index >= 15 is 0 Å². The topological polar surface area (TPSA) is 0 Å². The Morgan fingerprint density at radius 3 is 1.85 bits per heavy atom. The molecule has 0 N–H and O–H groups in total. The van der Waals surface area contributed by atoms with E-state index in [2.05, 4.69) is 74.2 Å². The maximum absolute atomic E-state index is 3.32. The van der Waals surface area contributed by atoms with Gasteiger partial charge in [-0.3, -0.25) is 0 Å². The third-order valence-corrected chi connectivity index (χ3v) is 5.77. The van der Waals surface area contributed by atoms with Crippen molar-refractivity contribution in [3.63, 3.8) is 0 Å². The first-order chi connectivity index (χ1) is 12.8. The molecule has 0 amide bonds. The van der Waals surface area contributed by atoms with Gasteiger partial charge in [-0.15, -0.1) is 0 Å². The van der Waals surface area contributed by atoms with Crippen molar-refractivity contribution in [1.29, 1.82) is 0 Å². The van der Waals surface area contributed by atoms with E-state index in [-0.39, 0.29) is 0 Å². The summed E-state index contributed by atoms with van der Waals surface area (Å²) < 4.78 is 0. The molecule has 0 radical (unpaired) electrons. The summed E-state index contributed by atoms with van der Waals surface area (Å²) in [6.45, 7) is 4.53. The SMILES string of the molecule is CCCc1ccc(C#Cc2ccc([C@H]3CC[C@H](CCC)CC3)cc2)cc1. The molecule has 0 nitrogen and oxygen atoms in total. The molecule has 1 saturated carbocycles. The Balaban J connectivity index is 1.58. The Hall–Kier alpha value is -2.00. The van der Waals surface area contributed by atoms with Crippen molar-refractivity contribution in [2.75, 3.05) is 0 Å². The molecule has 0 spiro atoms. The maximum Gasteiger partial charge on any atom is 0.0249 e. The van der Waals surface area contributed by atoms with Crippen molar-refractivity contribution in [3.05, 3.63) is 70.8 Å². The number of hydrogen-bond donors (Lipinski definition) is 0. The van der Waals surface area contributed by atoms with Crippen LogP contribution in [-0.4, -0.2) is 0 Å². The Morgan fingerprint density at radius 2 is 1.31 bits per heavy atom. The van der Waals surface area contributed by atoms with Crippen molar-refractivity contribution in [3.8, 4) is 11.8 Å². The largest absolute Gasteiger partial charge is 0.0654 e. The summed E-state index contributed by atoms with van der Waals surface area (Å²) in [5, 5.41) is 0. The lowest BCUT2D eigenvalue weighted by molar-refractivity contribution is 0.308. The highest BCUT2D eigenvalue weighted by Gasteiger charge is 2.21. The van der Waals surface area contributed by atoms with Gasteiger partial charge in [-0.2, -0.15) is 0 Å². The minimum Gasteiger partial charge on any atom is -0.0654 e. The predicted octanol–water partition coefficient (Wildman–Crippen LogP) is 7.11. The molecule has 0 unspecified atom stereocenters. The second-order valence-corrected chi connectivity index (χ2v) is 7.83. The third-order valence-electron chi connectivity index (χ3n) is 5.77. The van der Waals surface area contributed by atoms with Crippen LogP contribution in [0.1, 0.15) is 87.0 Å². The van der Waals surface area contributed by atoms with Crippen LogP contribution in [0.4, 0.5) is 0 Å². The molecule has 2 aromatic rings. The minimum atomic E-state index is 0.760. The third kappa shape index (κ3) is 5.25. The highest BCUT2D eigenvalue weighted by atomic mass is 14.3. The molecule has 0 heteroatoms. The summed E-state index contributed by atoms with van der Waals surface area (Å²) >= 11 is 0. The number of aryl methyl sites for hydroxylation is 1. The summed E-state index contributed by atoms with van der Waals surface area (Å²) in [5.41, 5.74) is 5.12. The fourth-order valence-electron chi connectivity index (χ4n) is 4.22. The number of benzene rings is 2. The average Bonchev–Trinajstić information content (AvgIpc) is 2.69. The normalized spacial score (nSPS) is 19.6. The van der Waals surface area contributed by atoms with Gasteiger partial charge in [-0.05, 0) is 79.3 Å². The smallest absolute Gasteiger partial charge is 0.0249 e. The molecule has 3 rings (SSSR count). The van der Waals surface area contributed by atoms with Gasteiger partial charge in [0.05, 0.1) is 0 Å². The average molecular weight is 345 g/mol. The van der Waals surface area contributed by atoms with Crippen molar-refractivity contribution in [2.45, 2.75) is 71.1 Å². The summed E-state index contributed by atoms with van der Waals surface area (Å²) in [5.74, 6) is 8.35. The molecule has 0 atom stereocenters. The quantitative estimate of drug-likeness (QED) is 0.507. The predicted molar refractivity (Wildman–Crippen MR) is 112 cm³/mol. The molecule has 0 aliphatic heterocycles. The molecule has 0 aromatic heterocycles. The van der Waals surface area contributed by atoms with Gasteiger partial charge in [0.25, 0.3) is 0 Å². The fourth-order valence-corrected chi connectivity index (χ4v) is 4.22. The molecule has 1 aliphatic carbocycles. The zero-order valence-corrected chi connectivity index (χ0v) is 16.4.